The largest absolute Gasteiger partial charge is 0.480 e. The number of alkyl carbamates (subject to hydrolysis) is 1. The quantitative estimate of drug-likeness (QED) is 0.809. The Morgan fingerprint density at radius 3 is 2.28 bits per heavy atom. The fourth-order valence-corrected chi connectivity index (χ4v) is 3.75. The number of nitrogens with one attached hydrogen (secondary N) is 1. The van der Waals surface area contributed by atoms with E-state index in [1.807, 2.05) is 0 Å². The van der Waals surface area contributed by atoms with Gasteiger partial charge >= 0.3 is 12.1 Å². The van der Waals surface area contributed by atoms with Gasteiger partial charge in [0.1, 0.15) is 17.7 Å². The Labute approximate surface area is 149 Å². The van der Waals surface area contributed by atoms with Crippen LogP contribution in [0.5, 0.6) is 0 Å². The van der Waals surface area contributed by atoms with Crippen LogP contribution in [-0.4, -0.2) is 52.2 Å². The SMILES string of the molecule is CC(C)(C)OC(=O)NC(C(=O)N1CCCC1C(=O)O)C1CCCCC1. The number of carboxylic acids is 1. The molecule has 0 aromatic rings. The van der Waals surface area contributed by atoms with Gasteiger partial charge in [-0.2, -0.15) is 0 Å². The van der Waals surface area contributed by atoms with Crippen LogP contribution >= 0.6 is 0 Å². The van der Waals surface area contributed by atoms with E-state index in [-0.39, 0.29) is 11.8 Å². The molecule has 7 nitrogen and oxygen atoms in total. The van der Waals surface area contributed by atoms with Crippen LogP contribution in [0.25, 0.3) is 0 Å². The molecule has 2 rings (SSSR count). The average molecular weight is 354 g/mol. The van der Waals surface area contributed by atoms with Crippen LogP contribution in [0.2, 0.25) is 0 Å². The first-order chi connectivity index (χ1) is 11.7. The number of carbonyl (C=O) groups excluding carboxylic acids is 2. The molecule has 2 unspecified atom stereocenters. The van der Waals surface area contributed by atoms with Gasteiger partial charge in [0, 0.05) is 6.54 Å². The molecule has 2 aliphatic rings. The third kappa shape index (κ3) is 5.34. The minimum Gasteiger partial charge on any atom is -0.480 e. The topological polar surface area (TPSA) is 95.9 Å². The van der Waals surface area contributed by atoms with Gasteiger partial charge in [0.2, 0.25) is 5.91 Å². The molecule has 1 aliphatic carbocycles. The zero-order chi connectivity index (χ0) is 18.6. The van der Waals surface area contributed by atoms with Gasteiger partial charge in [0.15, 0.2) is 0 Å². The second-order valence-electron chi connectivity index (χ2n) is 8.05. The number of rotatable bonds is 4. The molecule has 1 heterocycles. The second-order valence-corrected chi connectivity index (χ2v) is 8.05. The second kappa shape index (κ2) is 8.06. The summed E-state index contributed by atoms with van der Waals surface area (Å²) in [6, 6.07) is -1.51. The van der Waals surface area contributed by atoms with Gasteiger partial charge in [-0.15, -0.1) is 0 Å². The summed E-state index contributed by atoms with van der Waals surface area (Å²) >= 11 is 0. The molecule has 1 aliphatic heterocycles. The summed E-state index contributed by atoms with van der Waals surface area (Å²) in [4.78, 5) is 38.1. The monoisotopic (exact) mass is 354 g/mol. The summed E-state index contributed by atoms with van der Waals surface area (Å²) in [5.41, 5.74) is -0.651. The Morgan fingerprint density at radius 2 is 1.72 bits per heavy atom. The molecule has 0 radical (unpaired) electrons. The molecule has 1 saturated carbocycles. The first-order valence-corrected chi connectivity index (χ1v) is 9.22. The van der Waals surface area contributed by atoms with Crippen molar-refractivity contribution in [2.45, 2.75) is 83.4 Å². The van der Waals surface area contributed by atoms with Crippen LogP contribution in [-0.2, 0) is 14.3 Å². The predicted molar refractivity (Wildman–Crippen MR) is 92.1 cm³/mol. The van der Waals surface area contributed by atoms with Crippen LogP contribution < -0.4 is 5.32 Å². The van der Waals surface area contributed by atoms with Crippen LogP contribution in [0.3, 0.4) is 0 Å². The molecule has 2 N–H and O–H groups in total. The smallest absolute Gasteiger partial charge is 0.408 e. The Balaban J connectivity index is 2.14. The van der Waals surface area contributed by atoms with E-state index in [1.165, 1.54) is 4.90 Å². The fourth-order valence-electron chi connectivity index (χ4n) is 3.75. The highest BCUT2D eigenvalue weighted by molar-refractivity contribution is 5.90. The van der Waals surface area contributed by atoms with E-state index >= 15 is 0 Å². The molecular formula is C18H30N2O5. The van der Waals surface area contributed by atoms with Crippen LogP contribution in [0, 0.1) is 5.92 Å². The molecule has 25 heavy (non-hydrogen) atoms. The molecule has 7 heteroatoms. The molecule has 0 bridgehead atoms. The van der Waals surface area contributed by atoms with Gasteiger partial charge in [-0.3, -0.25) is 4.79 Å². The Morgan fingerprint density at radius 1 is 1.08 bits per heavy atom. The molecule has 0 aromatic carbocycles. The maximum Gasteiger partial charge on any atom is 0.408 e. The van der Waals surface area contributed by atoms with Crippen LogP contribution in [0.1, 0.15) is 65.7 Å². The van der Waals surface area contributed by atoms with E-state index in [0.29, 0.717) is 19.4 Å². The highest BCUT2D eigenvalue weighted by atomic mass is 16.6. The van der Waals surface area contributed by atoms with Crippen molar-refractivity contribution in [2.24, 2.45) is 5.92 Å². The first-order valence-electron chi connectivity index (χ1n) is 9.22. The lowest BCUT2D eigenvalue weighted by Gasteiger charge is -2.34. The highest BCUT2D eigenvalue weighted by Gasteiger charge is 2.41. The lowest BCUT2D eigenvalue weighted by molar-refractivity contribution is -0.149. The molecule has 2 fully saturated rings. The lowest BCUT2D eigenvalue weighted by Crippen LogP contribution is -2.55. The maximum absolute atomic E-state index is 13.1. The normalized spacial score (nSPS) is 23.2. The summed E-state index contributed by atoms with van der Waals surface area (Å²) in [5, 5.41) is 12.1. The van der Waals surface area contributed by atoms with E-state index in [2.05, 4.69) is 5.32 Å². The summed E-state index contributed by atoms with van der Waals surface area (Å²) in [6.45, 7) is 5.73. The third-order valence-electron chi connectivity index (χ3n) is 4.88. The van der Waals surface area contributed by atoms with Gasteiger partial charge in [0.25, 0.3) is 0 Å². The summed E-state index contributed by atoms with van der Waals surface area (Å²) in [6.07, 6.45) is 5.40. The highest BCUT2D eigenvalue weighted by Crippen LogP contribution is 2.29. The van der Waals surface area contributed by atoms with Crippen molar-refractivity contribution < 1.29 is 24.2 Å². The predicted octanol–water partition coefficient (Wildman–Crippen LogP) is 2.54. The molecule has 142 valence electrons. The minimum absolute atomic E-state index is 0.0313. The van der Waals surface area contributed by atoms with Crippen molar-refractivity contribution in [3.63, 3.8) is 0 Å². The fraction of sp³-hybridized carbons (Fsp3) is 0.833. The summed E-state index contributed by atoms with van der Waals surface area (Å²) in [7, 11) is 0. The summed E-state index contributed by atoms with van der Waals surface area (Å²) < 4.78 is 5.31. The Bertz CT molecular complexity index is 508. The van der Waals surface area contributed by atoms with E-state index in [1.54, 1.807) is 20.8 Å². The third-order valence-corrected chi connectivity index (χ3v) is 4.88. The number of hydrogen-bond acceptors (Lipinski definition) is 4. The summed E-state index contributed by atoms with van der Waals surface area (Å²) in [5.74, 6) is -1.24. The molecule has 1 saturated heterocycles. The number of aliphatic carboxylic acids is 1. The number of likely N-dealkylation sites (tertiary alicyclic amines) is 1. The van der Waals surface area contributed by atoms with Gasteiger partial charge in [-0.05, 0) is 52.4 Å². The average Bonchev–Trinajstić information content (AvgIpc) is 3.01. The van der Waals surface area contributed by atoms with Crippen LogP contribution in [0.15, 0.2) is 0 Å². The van der Waals surface area contributed by atoms with E-state index in [9.17, 15) is 19.5 Å². The number of carboxylic acid groups (broad SMARTS) is 1. The van der Waals surface area contributed by atoms with Gasteiger partial charge in [0.05, 0.1) is 0 Å². The Hall–Kier alpha value is -1.79. The number of amides is 2. The van der Waals surface area contributed by atoms with Gasteiger partial charge in [-0.25, -0.2) is 9.59 Å². The molecular weight excluding hydrogens is 324 g/mol. The maximum atomic E-state index is 13.1. The van der Waals surface area contributed by atoms with Crippen molar-refractivity contribution in [1.82, 2.24) is 10.2 Å². The van der Waals surface area contributed by atoms with Crippen LogP contribution in [0.4, 0.5) is 4.79 Å². The molecule has 2 atom stereocenters. The van der Waals surface area contributed by atoms with Crippen molar-refractivity contribution in [3.05, 3.63) is 0 Å². The minimum atomic E-state index is -0.981. The molecule has 2 amide bonds. The van der Waals surface area contributed by atoms with Crippen molar-refractivity contribution in [2.75, 3.05) is 6.54 Å². The number of ether oxygens (including phenoxy) is 1. The van der Waals surface area contributed by atoms with Gasteiger partial charge < -0.3 is 20.1 Å². The van der Waals surface area contributed by atoms with Crippen molar-refractivity contribution in [3.8, 4) is 0 Å². The number of nitrogens with zero attached hydrogens (tertiary/aromatic N) is 1. The van der Waals surface area contributed by atoms with Crippen molar-refractivity contribution in [1.29, 1.82) is 0 Å². The Kier molecular flexibility index (Phi) is 6.30. The van der Waals surface area contributed by atoms with Gasteiger partial charge in [-0.1, -0.05) is 19.3 Å². The standard InChI is InChI=1S/C18H30N2O5/c1-18(2,3)25-17(24)19-14(12-8-5-4-6-9-12)15(21)20-11-7-10-13(20)16(22)23/h12-14H,4-11H2,1-3H3,(H,19,24)(H,22,23). The molecule has 0 aromatic heterocycles. The van der Waals surface area contributed by atoms with E-state index < -0.39 is 29.7 Å². The van der Waals surface area contributed by atoms with Crippen molar-refractivity contribution >= 4 is 18.0 Å². The molecule has 0 spiro atoms. The van der Waals surface area contributed by atoms with E-state index in [0.717, 1.165) is 32.1 Å². The zero-order valence-electron chi connectivity index (χ0n) is 15.4. The number of hydrogen-bond donors (Lipinski definition) is 2. The number of carbonyl (C=O) groups is 3. The zero-order valence-corrected chi connectivity index (χ0v) is 15.4. The first kappa shape index (κ1) is 19.5. The van der Waals surface area contributed by atoms with E-state index in [4.69, 9.17) is 4.74 Å². The lowest BCUT2D eigenvalue weighted by atomic mass is 9.83.